The molecule has 1 aromatic heterocycles. The molecule has 2 heterocycles. The van der Waals surface area contributed by atoms with Gasteiger partial charge in [0.2, 0.25) is 0 Å². The molecule has 1 atom stereocenters. The summed E-state index contributed by atoms with van der Waals surface area (Å²) in [6.45, 7) is 0. The van der Waals surface area contributed by atoms with E-state index in [1.165, 1.54) is 59.1 Å². The van der Waals surface area contributed by atoms with Gasteiger partial charge in [0, 0.05) is 31.3 Å². The number of nitrogens with zero attached hydrogens (tertiary/aromatic N) is 1. The predicted molar refractivity (Wildman–Crippen MR) is 209 cm³/mol. The van der Waals surface area contributed by atoms with Gasteiger partial charge in [-0.25, -0.2) is 4.99 Å². The Morgan fingerprint density at radius 3 is 1.41 bits per heavy atom. The summed E-state index contributed by atoms with van der Waals surface area (Å²) >= 11 is 1.85. The minimum absolute atomic E-state index is 0.0320. The Balaban J connectivity index is 1.02. The van der Waals surface area contributed by atoms with Gasteiger partial charge in [0.25, 0.3) is 0 Å². The molecule has 0 aliphatic carbocycles. The first kappa shape index (κ1) is 29.1. The highest BCUT2D eigenvalue weighted by Crippen LogP contribution is 2.39. The number of hydrogen-bond donors (Lipinski definition) is 1. The van der Waals surface area contributed by atoms with Crippen LogP contribution in [0.1, 0.15) is 22.7 Å². The van der Waals surface area contributed by atoms with Crippen molar-refractivity contribution >= 4 is 43.0 Å². The first-order valence-electron chi connectivity index (χ1n) is 16.7. The zero-order valence-corrected chi connectivity index (χ0v) is 27.6. The maximum Gasteiger partial charge on any atom is 0.134 e. The summed E-state index contributed by atoms with van der Waals surface area (Å²) in [5, 5.41) is 6.24. The van der Waals surface area contributed by atoms with Gasteiger partial charge in [0.1, 0.15) is 5.84 Å². The van der Waals surface area contributed by atoms with Crippen LogP contribution in [0.4, 0.5) is 0 Å². The fourth-order valence-electron chi connectivity index (χ4n) is 6.74. The van der Waals surface area contributed by atoms with E-state index in [9.17, 15) is 0 Å². The Hall–Kier alpha value is -6.03. The molecule has 232 valence electrons. The summed E-state index contributed by atoms with van der Waals surface area (Å²) in [7, 11) is 0. The standard InChI is InChI=1S/C46H32N2S/c1-4-10-31(11-5-1)32-16-18-33(19-17-32)34-20-22-35(23-21-34)38-24-26-40-41-27-25-39(29-45(41)49-44(40)28-38)43-30-42(36-12-6-2-7-13-36)47-46(48-43)37-14-8-3-9-15-37/h1-30,42H,(H,47,48). The Morgan fingerprint density at radius 2 is 0.837 bits per heavy atom. The molecule has 1 aliphatic heterocycles. The molecule has 1 aliphatic rings. The van der Waals surface area contributed by atoms with Gasteiger partial charge in [-0.1, -0.05) is 164 Å². The number of amidine groups is 1. The van der Waals surface area contributed by atoms with Gasteiger partial charge in [-0.2, -0.15) is 0 Å². The van der Waals surface area contributed by atoms with E-state index in [1.807, 2.05) is 17.4 Å². The molecule has 9 rings (SSSR count). The third-order valence-corrected chi connectivity index (χ3v) is 10.5. The monoisotopic (exact) mass is 644 g/mol. The fraction of sp³-hybridized carbons (Fsp3) is 0.0217. The zero-order chi connectivity index (χ0) is 32.6. The van der Waals surface area contributed by atoms with Crippen LogP contribution >= 0.6 is 11.3 Å². The molecule has 0 radical (unpaired) electrons. The SMILES string of the molecule is C1=C(c2ccc3c(c2)sc2cc(-c4ccc(-c5ccc(-c6ccccc6)cc5)cc4)ccc23)N=C(c2ccccc2)NC1c1ccccc1. The molecule has 3 heteroatoms. The molecule has 1 N–H and O–H groups in total. The Morgan fingerprint density at radius 1 is 0.408 bits per heavy atom. The van der Waals surface area contributed by atoms with Crippen molar-refractivity contribution < 1.29 is 0 Å². The first-order valence-corrected chi connectivity index (χ1v) is 17.5. The van der Waals surface area contributed by atoms with Crippen molar-refractivity contribution in [3.05, 3.63) is 199 Å². The number of aliphatic imine (C=N–C) groups is 1. The van der Waals surface area contributed by atoms with Crippen molar-refractivity contribution in [2.75, 3.05) is 0 Å². The largest absolute Gasteiger partial charge is 0.359 e. The van der Waals surface area contributed by atoms with E-state index >= 15 is 0 Å². The maximum absolute atomic E-state index is 5.13. The van der Waals surface area contributed by atoms with Crippen molar-refractivity contribution in [1.29, 1.82) is 0 Å². The molecular formula is C46H32N2S. The lowest BCUT2D eigenvalue weighted by Crippen LogP contribution is -2.31. The van der Waals surface area contributed by atoms with Gasteiger partial charge < -0.3 is 5.32 Å². The fourth-order valence-corrected chi connectivity index (χ4v) is 7.92. The topological polar surface area (TPSA) is 24.4 Å². The van der Waals surface area contributed by atoms with Gasteiger partial charge in [-0.15, -0.1) is 11.3 Å². The minimum Gasteiger partial charge on any atom is -0.359 e. The molecule has 0 saturated heterocycles. The number of benzene rings is 7. The molecular weight excluding hydrogens is 613 g/mol. The van der Waals surface area contributed by atoms with E-state index in [0.29, 0.717) is 0 Å². The quantitative estimate of drug-likeness (QED) is 0.191. The van der Waals surface area contributed by atoms with Gasteiger partial charge in [0.15, 0.2) is 0 Å². The van der Waals surface area contributed by atoms with E-state index < -0.39 is 0 Å². The van der Waals surface area contributed by atoms with Gasteiger partial charge in [-0.3, -0.25) is 0 Å². The number of hydrogen-bond acceptors (Lipinski definition) is 3. The molecule has 49 heavy (non-hydrogen) atoms. The Bertz CT molecular complexity index is 2480. The maximum atomic E-state index is 5.13. The lowest BCUT2D eigenvalue weighted by molar-refractivity contribution is 0.781. The van der Waals surface area contributed by atoms with Gasteiger partial charge in [-0.05, 0) is 57.2 Å². The normalized spacial score (nSPS) is 14.3. The third-order valence-electron chi connectivity index (χ3n) is 9.37. The third kappa shape index (κ3) is 5.75. The van der Waals surface area contributed by atoms with Crippen LogP contribution in [0.15, 0.2) is 187 Å². The van der Waals surface area contributed by atoms with Crippen LogP contribution in [0.2, 0.25) is 0 Å². The Labute approximate surface area is 290 Å². The molecule has 0 spiro atoms. The summed E-state index contributed by atoms with van der Waals surface area (Å²) in [5.74, 6) is 0.892. The van der Waals surface area contributed by atoms with E-state index in [1.54, 1.807) is 0 Å². The van der Waals surface area contributed by atoms with Crippen LogP contribution in [0.25, 0.3) is 59.3 Å². The van der Waals surface area contributed by atoms with E-state index in [-0.39, 0.29) is 6.04 Å². The molecule has 0 amide bonds. The summed E-state index contributed by atoms with van der Waals surface area (Å²) in [4.78, 5) is 5.13. The second-order valence-electron chi connectivity index (χ2n) is 12.5. The highest BCUT2D eigenvalue weighted by molar-refractivity contribution is 7.25. The molecule has 0 saturated carbocycles. The van der Waals surface area contributed by atoms with Gasteiger partial charge >= 0.3 is 0 Å². The zero-order valence-electron chi connectivity index (χ0n) is 26.8. The van der Waals surface area contributed by atoms with Crippen molar-refractivity contribution in [2.45, 2.75) is 6.04 Å². The first-order chi connectivity index (χ1) is 24.2. The minimum atomic E-state index is 0.0320. The van der Waals surface area contributed by atoms with Crippen LogP contribution in [0.3, 0.4) is 0 Å². The van der Waals surface area contributed by atoms with E-state index in [4.69, 9.17) is 4.99 Å². The molecule has 7 aromatic carbocycles. The highest BCUT2D eigenvalue weighted by Gasteiger charge is 2.20. The summed E-state index contributed by atoms with van der Waals surface area (Å²) in [5.41, 5.74) is 11.8. The second-order valence-corrected chi connectivity index (χ2v) is 13.5. The smallest absolute Gasteiger partial charge is 0.134 e. The highest BCUT2D eigenvalue weighted by atomic mass is 32.1. The number of nitrogens with one attached hydrogen (secondary N) is 1. The summed E-state index contributed by atoms with van der Waals surface area (Å²) < 4.78 is 2.56. The molecule has 0 bridgehead atoms. The summed E-state index contributed by atoms with van der Waals surface area (Å²) in [6, 6.07) is 63.0. The second kappa shape index (κ2) is 12.5. The van der Waals surface area contributed by atoms with Crippen molar-refractivity contribution in [3.63, 3.8) is 0 Å². The van der Waals surface area contributed by atoms with Crippen LogP contribution in [-0.4, -0.2) is 5.84 Å². The number of thiophene rings is 1. The average molecular weight is 645 g/mol. The van der Waals surface area contributed by atoms with Crippen molar-refractivity contribution in [1.82, 2.24) is 5.32 Å². The Kier molecular flexibility index (Phi) is 7.45. The van der Waals surface area contributed by atoms with Gasteiger partial charge in [0.05, 0.1) is 11.7 Å². The van der Waals surface area contributed by atoms with Crippen molar-refractivity contribution in [3.8, 4) is 33.4 Å². The van der Waals surface area contributed by atoms with Crippen LogP contribution in [0.5, 0.6) is 0 Å². The molecule has 1 unspecified atom stereocenters. The predicted octanol–water partition coefficient (Wildman–Crippen LogP) is 12.2. The lowest BCUT2D eigenvalue weighted by Gasteiger charge is -2.24. The molecule has 2 nitrogen and oxygen atoms in total. The average Bonchev–Trinajstić information content (AvgIpc) is 3.56. The summed E-state index contributed by atoms with van der Waals surface area (Å²) in [6.07, 6.45) is 2.25. The van der Waals surface area contributed by atoms with Crippen molar-refractivity contribution in [2.24, 2.45) is 4.99 Å². The lowest BCUT2D eigenvalue weighted by atomic mass is 9.97. The van der Waals surface area contributed by atoms with Crippen LogP contribution in [0, 0.1) is 0 Å². The molecule has 8 aromatic rings. The van der Waals surface area contributed by atoms with Crippen LogP contribution in [-0.2, 0) is 0 Å². The molecule has 0 fully saturated rings. The van der Waals surface area contributed by atoms with E-state index in [2.05, 4.69) is 181 Å². The number of fused-ring (bicyclic) bond motifs is 3. The van der Waals surface area contributed by atoms with E-state index in [0.717, 1.165) is 22.7 Å². The number of rotatable bonds is 6. The van der Waals surface area contributed by atoms with Crippen LogP contribution < -0.4 is 5.32 Å².